The topological polar surface area (TPSA) is 74.2 Å². The molecule has 1 N–H and O–H groups in total. The van der Waals surface area contributed by atoms with Crippen LogP contribution in [0.5, 0.6) is 0 Å². The number of hydrogen-bond donors (Lipinski definition) is 1. The van der Waals surface area contributed by atoms with Gasteiger partial charge in [0.25, 0.3) is 0 Å². The van der Waals surface area contributed by atoms with Crippen LogP contribution in [0.3, 0.4) is 0 Å². The average Bonchev–Trinajstić information content (AvgIpc) is 2.16. The molecule has 5 nitrogen and oxygen atoms in total. The second-order valence-corrected chi connectivity index (χ2v) is 3.09. The van der Waals surface area contributed by atoms with E-state index in [4.69, 9.17) is 0 Å². The zero-order chi connectivity index (χ0) is 10.8. The minimum Gasteiger partial charge on any atom is -0.295 e. The third-order valence-electron chi connectivity index (χ3n) is 1.85. The number of carbonyl (C=O) groups is 1. The van der Waals surface area contributed by atoms with E-state index in [2.05, 4.69) is 11.9 Å². The first kappa shape index (κ1) is 12.7. The normalized spacial score (nSPS) is 12.9. The second-order valence-electron chi connectivity index (χ2n) is 3.09. The summed E-state index contributed by atoms with van der Waals surface area (Å²) in [5, 5.41) is 10.2. The molecule has 1 unspecified atom stereocenters. The number of carbonyl (C=O) groups excluding carboxylic acids is 1. The van der Waals surface area contributed by atoms with Crippen molar-refractivity contribution < 1.29 is 14.7 Å². The fourth-order valence-electron chi connectivity index (χ4n) is 1.01. The van der Waals surface area contributed by atoms with Gasteiger partial charge >= 0.3 is 6.04 Å². The fourth-order valence-corrected chi connectivity index (χ4v) is 1.01. The van der Waals surface area contributed by atoms with E-state index in [9.17, 15) is 14.9 Å². The minimum absolute atomic E-state index is 0.318. The second kappa shape index (κ2) is 8.34. The van der Waals surface area contributed by atoms with Gasteiger partial charge in [0.1, 0.15) is 6.54 Å². The van der Waals surface area contributed by atoms with Crippen LogP contribution in [0.4, 0.5) is 0 Å². The highest BCUT2D eigenvalue weighted by Crippen LogP contribution is 1.95. The van der Waals surface area contributed by atoms with Gasteiger partial charge in [0.2, 0.25) is 12.5 Å². The lowest BCUT2D eigenvalue weighted by Gasteiger charge is -1.92. The SMILES string of the molecule is CCCCCC[NH+]=CC(C=O)[N+](=O)[O-]. The number of rotatable bonds is 8. The monoisotopic (exact) mass is 201 g/mol. The van der Waals surface area contributed by atoms with E-state index in [1.807, 2.05) is 0 Å². The molecule has 0 heterocycles. The molecule has 0 radical (unpaired) electrons. The molecule has 0 aliphatic carbocycles. The molecule has 0 aliphatic heterocycles. The van der Waals surface area contributed by atoms with Gasteiger partial charge in [-0.3, -0.25) is 14.9 Å². The fraction of sp³-hybridized carbons (Fsp3) is 0.778. The third-order valence-corrected chi connectivity index (χ3v) is 1.85. The van der Waals surface area contributed by atoms with Gasteiger partial charge in [-0.15, -0.1) is 0 Å². The van der Waals surface area contributed by atoms with Gasteiger partial charge in [0.05, 0.1) is 0 Å². The summed E-state index contributed by atoms with van der Waals surface area (Å²) in [4.78, 5) is 22.6. The van der Waals surface area contributed by atoms with Crippen molar-refractivity contribution in [3.05, 3.63) is 10.1 Å². The molecule has 0 aromatic rings. The van der Waals surface area contributed by atoms with Gasteiger partial charge in [0.15, 0.2) is 0 Å². The van der Waals surface area contributed by atoms with Gasteiger partial charge in [-0.1, -0.05) is 19.8 Å². The van der Waals surface area contributed by atoms with Crippen LogP contribution in [0, 0.1) is 10.1 Å². The lowest BCUT2D eigenvalue weighted by Crippen LogP contribution is -2.71. The van der Waals surface area contributed by atoms with Crippen molar-refractivity contribution in [2.24, 2.45) is 0 Å². The molecule has 80 valence electrons. The lowest BCUT2D eigenvalue weighted by molar-refractivity contribution is -0.509. The minimum atomic E-state index is -1.22. The Morgan fingerprint density at radius 2 is 2.14 bits per heavy atom. The average molecular weight is 201 g/mol. The molecule has 1 atom stereocenters. The highest BCUT2D eigenvalue weighted by molar-refractivity contribution is 5.80. The molecule has 0 saturated heterocycles. The van der Waals surface area contributed by atoms with E-state index in [0.717, 1.165) is 19.3 Å². The zero-order valence-electron chi connectivity index (χ0n) is 8.44. The lowest BCUT2D eigenvalue weighted by atomic mass is 10.2. The van der Waals surface area contributed by atoms with E-state index in [1.54, 1.807) is 0 Å². The molecule has 0 fully saturated rings. The highest BCUT2D eigenvalue weighted by atomic mass is 16.6. The Labute approximate surface area is 83.4 Å². The van der Waals surface area contributed by atoms with Crippen molar-refractivity contribution >= 4 is 12.5 Å². The maximum absolute atomic E-state index is 10.2. The van der Waals surface area contributed by atoms with Crippen LogP contribution in [0.25, 0.3) is 0 Å². The molecule has 0 bridgehead atoms. The van der Waals surface area contributed by atoms with Crippen molar-refractivity contribution in [1.82, 2.24) is 0 Å². The summed E-state index contributed by atoms with van der Waals surface area (Å²) in [5.74, 6) is 0. The Balaban J connectivity index is 3.59. The summed E-state index contributed by atoms with van der Waals surface area (Å²) in [6.45, 7) is 2.81. The van der Waals surface area contributed by atoms with Crippen molar-refractivity contribution in [3.63, 3.8) is 0 Å². The van der Waals surface area contributed by atoms with E-state index in [-0.39, 0.29) is 0 Å². The third kappa shape index (κ3) is 6.28. The molecule has 0 spiro atoms. The number of nitro groups is 1. The molecule has 5 heteroatoms. The van der Waals surface area contributed by atoms with Crippen LogP contribution in [0.1, 0.15) is 32.6 Å². The molecule has 0 rings (SSSR count). The van der Waals surface area contributed by atoms with Crippen molar-refractivity contribution in [3.8, 4) is 0 Å². The van der Waals surface area contributed by atoms with Gasteiger partial charge in [-0.2, -0.15) is 0 Å². The Hall–Kier alpha value is -1.26. The van der Waals surface area contributed by atoms with E-state index in [0.29, 0.717) is 12.8 Å². The van der Waals surface area contributed by atoms with Crippen LogP contribution >= 0.6 is 0 Å². The van der Waals surface area contributed by atoms with Gasteiger partial charge in [-0.25, -0.2) is 4.99 Å². The summed E-state index contributed by atoms with van der Waals surface area (Å²) < 4.78 is 0. The van der Waals surface area contributed by atoms with Crippen LogP contribution < -0.4 is 4.99 Å². The molecular weight excluding hydrogens is 184 g/mol. The molecule has 0 saturated carbocycles. The molecule has 14 heavy (non-hydrogen) atoms. The largest absolute Gasteiger partial charge is 0.341 e. The van der Waals surface area contributed by atoms with E-state index < -0.39 is 11.0 Å². The first-order valence-corrected chi connectivity index (χ1v) is 4.88. The maximum Gasteiger partial charge on any atom is 0.341 e. The summed E-state index contributed by atoms with van der Waals surface area (Å²) in [6.07, 6.45) is 5.98. The van der Waals surface area contributed by atoms with Crippen LogP contribution in [0.2, 0.25) is 0 Å². The van der Waals surface area contributed by atoms with Crippen molar-refractivity contribution in [2.45, 2.75) is 38.6 Å². The predicted octanol–water partition coefficient (Wildman–Crippen LogP) is -0.438. The Kier molecular flexibility index (Phi) is 7.59. The van der Waals surface area contributed by atoms with Crippen molar-refractivity contribution in [1.29, 1.82) is 0 Å². The summed E-state index contributed by atoms with van der Waals surface area (Å²) in [6, 6.07) is -1.22. The molecule has 0 aromatic heterocycles. The van der Waals surface area contributed by atoms with Gasteiger partial charge < -0.3 is 0 Å². The number of nitrogens with zero attached hydrogens (tertiary/aromatic N) is 1. The van der Waals surface area contributed by atoms with Crippen LogP contribution in [0.15, 0.2) is 0 Å². The number of aldehydes is 1. The van der Waals surface area contributed by atoms with Crippen molar-refractivity contribution in [2.75, 3.05) is 6.54 Å². The maximum atomic E-state index is 10.2. The Bertz CT molecular complexity index is 204. The molecule has 0 aromatic carbocycles. The highest BCUT2D eigenvalue weighted by Gasteiger charge is 2.18. The van der Waals surface area contributed by atoms with Gasteiger partial charge in [-0.05, 0) is 6.42 Å². The number of hydrogen-bond acceptors (Lipinski definition) is 3. The number of nitrogens with one attached hydrogen (secondary N) is 1. The zero-order valence-corrected chi connectivity index (χ0v) is 8.44. The Morgan fingerprint density at radius 1 is 1.43 bits per heavy atom. The molecule has 0 aliphatic rings. The van der Waals surface area contributed by atoms with Crippen LogP contribution in [-0.2, 0) is 4.79 Å². The van der Waals surface area contributed by atoms with Gasteiger partial charge in [0, 0.05) is 11.3 Å². The van der Waals surface area contributed by atoms with E-state index in [1.165, 1.54) is 12.6 Å². The first-order valence-electron chi connectivity index (χ1n) is 4.88. The van der Waals surface area contributed by atoms with Crippen LogP contribution in [-0.4, -0.2) is 30.0 Å². The summed E-state index contributed by atoms with van der Waals surface area (Å²) in [5.41, 5.74) is 0. The predicted molar refractivity (Wildman–Crippen MR) is 52.9 cm³/mol. The Morgan fingerprint density at radius 3 is 2.64 bits per heavy atom. The van der Waals surface area contributed by atoms with E-state index >= 15 is 0 Å². The molecule has 0 amide bonds. The molecular formula is C9H17N2O3+. The number of unbranched alkanes of at least 4 members (excludes halogenated alkanes) is 3. The quantitative estimate of drug-likeness (QED) is 0.190. The first-order chi connectivity index (χ1) is 6.72. The summed E-state index contributed by atoms with van der Waals surface area (Å²) in [7, 11) is 0. The summed E-state index contributed by atoms with van der Waals surface area (Å²) >= 11 is 0. The smallest absolute Gasteiger partial charge is 0.295 e. The standard InChI is InChI=1S/C9H16N2O3/c1-2-3-4-5-6-10-7-9(8-12)11(13)14/h7-9H,2-6H2,1H3/p+1.